The second-order valence-corrected chi connectivity index (χ2v) is 8.41. The summed E-state index contributed by atoms with van der Waals surface area (Å²) in [5.41, 5.74) is -0.380. The lowest BCUT2D eigenvalue weighted by atomic mass is 9.82. The minimum absolute atomic E-state index is 0.0241. The van der Waals surface area contributed by atoms with Crippen molar-refractivity contribution in [3.63, 3.8) is 0 Å². The van der Waals surface area contributed by atoms with Gasteiger partial charge in [0, 0.05) is 31.5 Å². The maximum absolute atomic E-state index is 13.0. The number of nitrogens with one attached hydrogen (secondary N) is 1. The van der Waals surface area contributed by atoms with E-state index in [9.17, 15) is 18.3 Å². The van der Waals surface area contributed by atoms with Gasteiger partial charge in [0.1, 0.15) is 5.75 Å². The minimum Gasteiger partial charge on any atom is -0.496 e. The molecule has 2 N–H and O–H groups in total. The van der Waals surface area contributed by atoms with Gasteiger partial charge in [-0.1, -0.05) is 0 Å². The van der Waals surface area contributed by atoms with Gasteiger partial charge in [0.25, 0.3) is 5.91 Å². The quantitative estimate of drug-likeness (QED) is 0.736. The van der Waals surface area contributed by atoms with Gasteiger partial charge in [-0.25, -0.2) is 8.42 Å². The van der Waals surface area contributed by atoms with Crippen molar-refractivity contribution in [2.24, 2.45) is 11.3 Å². The first kappa shape index (κ1) is 18.1. The van der Waals surface area contributed by atoms with Crippen LogP contribution in [0.5, 0.6) is 5.75 Å². The van der Waals surface area contributed by atoms with Gasteiger partial charge in [-0.05, 0) is 18.2 Å². The molecule has 0 radical (unpaired) electrons. The average molecular weight is 370 g/mol. The molecule has 2 atom stereocenters. The van der Waals surface area contributed by atoms with Gasteiger partial charge in [-0.3, -0.25) is 4.79 Å². The number of nitrogens with zero attached hydrogens (tertiary/aromatic N) is 1. The minimum atomic E-state index is -3.79. The van der Waals surface area contributed by atoms with Crippen molar-refractivity contribution in [2.45, 2.75) is 4.90 Å². The Hall–Kier alpha value is -1.68. The molecule has 2 saturated heterocycles. The molecule has 0 unspecified atom stereocenters. The van der Waals surface area contributed by atoms with Crippen LogP contribution in [0.1, 0.15) is 10.4 Å². The fourth-order valence-corrected chi connectivity index (χ4v) is 5.11. The monoisotopic (exact) mass is 370 g/mol. The predicted molar refractivity (Wildman–Crippen MR) is 89.0 cm³/mol. The van der Waals surface area contributed by atoms with E-state index in [-0.39, 0.29) is 29.5 Å². The highest BCUT2D eigenvalue weighted by Gasteiger charge is 2.53. The molecular formula is C16H22N2O6S. The van der Waals surface area contributed by atoms with Crippen molar-refractivity contribution in [1.29, 1.82) is 0 Å². The normalized spacial score (nSPS) is 26.4. The maximum atomic E-state index is 13.0. The van der Waals surface area contributed by atoms with Crippen LogP contribution in [0.4, 0.5) is 0 Å². The molecule has 0 bridgehead atoms. The molecule has 2 aliphatic heterocycles. The second kappa shape index (κ2) is 6.56. The highest BCUT2D eigenvalue weighted by molar-refractivity contribution is 7.89. The van der Waals surface area contributed by atoms with E-state index < -0.39 is 21.3 Å². The van der Waals surface area contributed by atoms with Crippen molar-refractivity contribution in [1.82, 2.24) is 9.62 Å². The molecule has 0 aromatic heterocycles. The Morgan fingerprint density at radius 2 is 2.28 bits per heavy atom. The number of hydrogen-bond donors (Lipinski definition) is 2. The first-order valence-corrected chi connectivity index (χ1v) is 9.41. The number of hydrogen-bond acceptors (Lipinski definition) is 6. The number of benzene rings is 1. The SMILES string of the molecule is CNC(=O)c1cc(S(=O)(=O)N2C[C@H]3COC[C@@]3(CO)C2)ccc1OC. The van der Waals surface area contributed by atoms with E-state index in [1.165, 1.54) is 36.7 Å². The highest BCUT2D eigenvalue weighted by atomic mass is 32.2. The number of ether oxygens (including phenoxy) is 2. The number of carbonyl (C=O) groups excluding carboxylic acids is 1. The number of rotatable bonds is 5. The number of amides is 1. The highest BCUT2D eigenvalue weighted by Crippen LogP contribution is 2.42. The Balaban J connectivity index is 1.95. The van der Waals surface area contributed by atoms with Gasteiger partial charge in [0.2, 0.25) is 10.0 Å². The van der Waals surface area contributed by atoms with Crippen LogP contribution in [0, 0.1) is 11.3 Å². The van der Waals surface area contributed by atoms with Crippen molar-refractivity contribution in [3.8, 4) is 5.75 Å². The Kier molecular flexibility index (Phi) is 4.76. The van der Waals surface area contributed by atoms with E-state index in [1.54, 1.807) is 0 Å². The average Bonchev–Trinajstić information content (AvgIpc) is 3.18. The zero-order valence-electron chi connectivity index (χ0n) is 14.2. The van der Waals surface area contributed by atoms with Gasteiger partial charge in [-0.2, -0.15) is 4.31 Å². The van der Waals surface area contributed by atoms with Crippen LogP contribution in [0.2, 0.25) is 0 Å². The summed E-state index contributed by atoms with van der Waals surface area (Å²) in [6.07, 6.45) is 0. The summed E-state index contributed by atoms with van der Waals surface area (Å²) in [6.45, 7) is 1.18. The van der Waals surface area contributed by atoms with E-state index in [4.69, 9.17) is 9.47 Å². The first-order valence-electron chi connectivity index (χ1n) is 7.97. The molecule has 138 valence electrons. The van der Waals surface area contributed by atoms with Gasteiger partial charge in [0.05, 0.1) is 37.4 Å². The van der Waals surface area contributed by atoms with Crippen molar-refractivity contribution in [2.75, 3.05) is 47.1 Å². The molecule has 9 heteroatoms. The lowest BCUT2D eigenvalue weighted by Gasteiger charge is -2.24. The molecule has 1 amide bonds. The summed E-state index contributed by atoms with van der Waals surface area (Å²) in [7, 11) is -0.900. The third-order valence-electron chi connectivity index (χ3n) is 5.09. The van der Waals surface area contributed by atoms with E-state index >= 15 is 0 Å². The topological polar surface area (TPSA) is 105 Å². The summed E-state index contributed by atoms with van der Waals surface area (Å²) in [4.78, 5) is 12.0. The number of sulfonamides is 1. The smallest absolute Gasteiger partial charge is 0.254 e. The van der Waals surface area contributed by atoms with E-state index in [2.05, 4.69) is 5.32 Å². The molecule has 1 aromatic rings. The molecule has 0 aliphatic carbocycles. The fraction of sp³-hybridized carbons (Fsp3) is 0.562. The fourth-order valence-electron chi connectivity index (χ4n) is 3.50. The van der Waals surface area contributed by atoms with Crippen LogP contribution in [0.3, 0.4) is 0 Å². The summed E-state index contributed by atoms with van der Waals surface area (Å²) < 4.78 is 38.0. The zero-order chi connectivity index (χ0) is 18.2. The van der Waals surface area contributed by atoms with Gasteiger partial charge in [0.15, 0.2) is 0 Å². The van der Waals surface area contributed by atoms with E-state index in [1.807, 2.05) is 0 Å². The largest absolute Gasteiger partial charge is 0.496 e. The molecule has 25 heavy (non-hydrogen) atoms. The number of fused-ring (bicyclic) bond motifs is 1. The molecule has 8 nitrogen and oxygen atoms in total. The first-order chi connectivity index (χ1) is 11.9. The molecule has 1 aromatic carbocycles. The van der Waals surface area contributed by atoms with E-state index in [0.717, 1.165) is 0 Å². The van der Waals surface area contributed by atoms with Crippen LogP contribution in [-0.4, -0.2) is 70.8 Å². The summed E-state index contributed by atoms with van der Waals surface area (Å²) in [6, 6.07) is 4.22. The van der Waals surface area contributed by atoms with Crippen molar-refractivity contribution in [3.05, 3.63) is 23.8 Å². The Morgan fingerprint density at radius 1 is 1.52 bits per heavy atom. The van der Waals surface area contributed by atoms with E-state index in [0.29, 0.717) is 25.5 Å². The third kappa shape index (κ3) is 2.91. The number of aliphatic hydroxyl groups is 1. The van der Waals surface area contributed by atoms with Crippen LogP contribution >= 0.6 is 0 Å². The molecular weight excluding hydrogens is 348 g/mol. The van der Waals surface area contributed by atoms with Crippen LogP contribution in [-0.2, 0) is 14.8 Å². The standard InChI is InChI=1S/C16H22N2O6S/c1-17-15(20)13-5-12(3-4-14(13)23-2)25(21,22)18-6-11-7-24-10-16(11,8-18)9-19/h3-5,11,19H,6-10H2,1-2H3,(H,17,20)/t11-,16-/m0/s1. The maximum Gasteiger partial charge on any atom is 0.254 e. The van der Waals surface area contributed by atoms with Crippen LogP contribution < -0.4 is 10.1 Å². The predicted octanol–water partition coefficient (Wildman–Crippen LogP) is -0.316. The third-order valence-corrected chi connectivity index (χ3v) is 6.89. The molecule has 0 spiro atoms. The Bertz CT molecular complexity index is 781. The van der Waals surface area contributed by atoms with Gasteiger partial charge in [-0.15, -0.1) is 0 Å². The Labute approximate surface area is 146 Å². The molecule has 2 fully saturated rings. The molecule has 2 aliphatic rings. The van der Waals surface area contributed by atoms with Gasteiger partial charge < -0.3 is 19.9 Å². The number of methoxy groups -OCH3 is 1. The second-order valence-electron chi connectivity index (χ2n) is 6.47. The van der Waals surface area contributed by atoms with Crippen molar-refractivity contribution >= 4 is 15.9 Å². The summed E-state index contributed by atoms with van der Waals surface area (Å²) >= 11 is 0. The molecule has 2 heterocycles. The summed E-state index contributed by atoms with van der Waals surface area (Å²) in [5, 5.41) is 12.2. The molecule has 0 saturated carbocycles. The van der Waals surface area contributed by atoms with Gasteiger partial charge >= 0.3 is 0 Å². The Morgan fingerprint density at radius 3 is 2.88 bits per heavy atom. The van der Waals surface area contributed by atoms with Crippen LogP contribution in [0.25, 0.3) is 0 Å². The number of carbonyl (C=O) groups is 1. The summed E-state index contributed by atoms with van der Waals surface area (Å²) in [5.74, 6) is -0.145. The van der Waals surface area contributed by atoms with Crippen molar-refractivity contribution < 1.29 is 27.8 Å². The molecule has 3 rings (SSSR count). The van der Waals surface area contributed by atoms with Crippen LogP contribution in [0.15, 0.2) is 23.1 Å². The lowest BCUT2D eigenvalue weighted by molar-refractivity contribution is 0.0905. The number of aliphatic hydroxyl groups excluding tert-OH is 1. The zero-order valence-corrected chi connectivity index (χ0v) is 15.0. The lowest BCUT2D eigenvalue weighted by Crippen LogP contribution is -2.36.